The summed E-state index contributed by atoms with van der Waals surface area (Å²) in [4.78, 5) is 9.69. The number of nitro groups is 1. The Bertz CT molecular complexity index is 259. The van der Waals surface area contributed by atoms with E-state index in [1.54, 1.807) is 0 Å². The smallest absolute Gasteiger partial charge is 0.269 e. The second-order valence-corrected chi connectivity index (χ2v) is 2.15. The molecule has 0 aliphatic rings. The molecule has 0 N–H and O–H groups in total. The van der Waals surface area contributed by atoms with Crippen molar-refractivity contribution in [3.8, 4) is 5.75 Å². The quantitative estimate of drug-likeness (QED) is 0.565. The number of halogens is 1. The summed E-state index contributed by atoms with van der Waals surface area (Å²) in [5.41, 5.74) is 0.0540. The highest BCUT2D eigenvalue weighted by Gasteiger charge is 2.02. The lowest BCUT2D eigenvalue weighted by atomic mass is 10.3. The summed E-state index contributed by atoms with van der Waals surface area (Å²) >= 11 is 2.75. The molecule has 4 nitrogen and oxygen atoms in total. The van der Waals surface area contributed by atoms with Crippen LogP contribution in [0.15, 0.2) is 24.3 Å². The van der Waals surface area contributed by atoms with Crippen molar-refractivity contribution in [3.05, 3.63) is 34.4 Å². The number of benzene rings is 1. The summed E-state index contributed by atoms with van der Waals surface area (Å²) in [6, 6.07) is 5.76. The van der Waals surface area contributed by atoms with Crippen molar-refractivity contribution < 1.29 is 8.75 Å². The van der Waals surface area contributed by atoms with Gasteiger partial charge in [0.2, 0.25) is 0 Å². The monoisotopic (exact) mass is 217 g/mol. The molecule has 0 bridgehead atoms. The fourth-order valence-electron chi connectivity index (χ4n) is 0.619. The molecule has 0 unspecified atom stereocenters. The van der Waals surface area contributed by atoms with Gasteiger partial charge in [-0.3, -0.25) is 10.1 Å². The van der Waals surface area contributed by atoms with E-state index in [4.69, 9.17) is 0 Å². The molecule has 0 aliphatic heterocycles. The number of hydrogen-bond donors (Lipinski definition) is 0. The van der Waals surface area contributed by atoms with Gasteiger partial charge in [0.15, 0.2) is 16.3 Å². The van der Waals surface area contributed by atoms with Gasteiger partial charge in [0.25, 0.3) is 5.69 Å². The van der Waals surface area contributed by atoms with Gasteiger partial charge >= 0.3 is 0 Å². The highest BCUT2D eigenvalue weighted by Crippen LogP contribution is 2.18. The molecular weight excluding hydrogens is 214 g/mol. The van der Waals surface area contributed by atoms with E-state index in [1.807, 2.05) is 0 Å². The average molecular weight is 218 g/mol. The fourth-order valence-corrected chi connectivity index (χ4v) is 0.835. The van der Waals surface area contributed by atoms with E-state index < -0.39 is 4.92 Å². The van der Waals surface area contributed by atoms with Crippen molar-refractivity contribution in [1.82, 2.24) is 0 Å². The standard InChI is InChI=1S/C6H4BrNO3/c7-11-6-3-1-5(2-4-6)8(9)10/h1-4H. The van der Waals surface area contributed by atoms with Gasteiger partial charge in [0.05, 0.1) is 4.92 Å². The molecule has 11 heavy (non-hydrogen) atoms. The van der Waals surface area contributed by atoms with Gasteiger partial charge in [-0.25, -0.2) is 0 Å². The Morgan fingerprint density at radius 1 is 1.36 bits per heavy atom. The van der Waals surface area contributed by atoms with Crippen molar-refractivity contribution in [2.24, 2.45) is 0 Å². The van der Waals surface area contributed by atoms with Crippen LogP contribution in [0.25, 0.3) is 0 Å². The van der Waals surface area contributed by atoms with Crippen LogP contribution in [0.3, 0.4) is 0 Å². The lowest BCUT2D eigenvalue weighted by Crippen LogP contribution is -1.86. The number of hydrogen-bond acceptors (Lipinski definition) is 3. The molecule has 1 aromatic rings. The maximum atomic E-state index is 10.2. The summed E-state index contributed by atoms with van der Waals surface area (Å²) in [7, 11) is 0. The molecule has 1 aromatic carbocycles. The lowest BCUT2D eigenvalue weighted by Gasteiger charge is -1.93. The zero-order valence-corrected chi connectivity index (χ0v) is 6.95. The van der Waals surface area contributed by atoms with Crippen LogP contribution in [0.5, 0.6) is 5.75 Å². The first-order valence-corrected chi connectivity index (χ1v) is 3.42. The van der Waals surface area contributed by atoms with Crippen LogP contribution in [0, 0.1) is 10.1 Å². The Hall–Kier alpha value is -1.10. The van der Waals surface area contributed by atoms with Crippen molar-refractivity contribution in [3.63, 3.8) is 0 Å². The maximum Gasteiger partial charge on any atom is 0.269 e. The molecule has 0 fully saturated rings. The van der Waals surface area contributed by atoms with Crippen LogP contribution in [0.4, 0.5) is 5.69 Å². The third-order valence-electron chi connectivity index (χ3n) is 1.14. The van der Waals surface area contributed by atoms with E-state index in [0.29, 0.717) is 5.75 Å². The maximum absolute atomic E-state index is 10.2. The SMILES string of the molecule is O=[N+]([O-])c1ccc(OBr)cc1. The van der Waals surface area contributed by atoms with Gasteiger partial charge in [0.1, 0.15) is 5.75 Å². The van der Waals surface area contributed by atoms with Gasteiger partial charge in [-0.2, -0.15) is 0 Å². The first kappa shape index (κ1) is 8.00. The highest BCUT2D eigenvalue weighted by atomic mass is 79.9. The first-order valence-electron chi connectivity index (χ1n) is 2.77. The Morgan fingerprint density at radius 2 is 1.91 bits per heavy atom. The van der Waals surface area contributed by atoms with Gasteiger partial charge in [-0.15, -0.1) is 0 Å². The minimum absolute atomic E-state index is 0.0540. The molecular formula is C6H4BrNO3. The molecule has 58 valence electrons. The lowest BCUT2D eigenvalue weighted by molar-refractivity contribution is -0.384. The van der Waals surface area contributed by atoms with Gasteiger partial charge in [-0.1, -0.05) is 0 Å². The Morgan fingerprint density at radius 3 is 2.27 bits per heavy atom. The summed E-state index contributed by atoms with van der Waals surface area (Å²) in [6.45, 7) is 0. The normalized spacial score (nSPS) is 9.18. The Kier molecular flexibility index (Phi) is 2.43. The zero-order chi connectivity index (χ0) is 8.27. The molecule has 0 saturated heterocycles. The van der Waals surface area contributed by atoms with E-state index in [-0.39, 0.29) is 5.69 Å². The number of rotatable bonds is 2. The first-order chi connectivity index (χ1) is 5.24. The van der Waals surface area contributed by atoms with E-state index in [0.717, 1.165) is 0 Å². The van der Waals surface area contributed by atoms with Crippen LogP contribution < -0.4 is 3.83 Å². The molecule has 0 spiro atoms. The fraction of sp³-hybridized carbons (Fsp3) is 0. The van der Waals surface area contributed by atoms with Crippen LogP contribution in [-0.4, -0.2) is 4.92 Å². The minimum Gasteiger partial charge on any atom is -0.418 e. The summed E-state index contributed by atoms with van der Waals surface area (Å²) in [5.74, 6) is 0.538. The average Bonchev–Trinajstić information content (AvgIpc) is 2.05. The molecule has 0 saturated carbocycles. The minimum atomic E-state index is -0.460. The molecule has 0 radical (unpaired) electrons. The van der Waals surface area contributed by atoms with Gasteiger partial charge in [-0.05, 0) is 12.1 Å². The van der Waals surface area contributed by atoms with Crippen molar-refractivity contribution in [1.29, 1.82) is 0 Å². The summed E-state index contributed by atoms with van der Waals surface area (Å²) < 4.78 is 4.64. The summed E-state index contributed by atoms with van der Waals surface area (Å²) in [6.07, 6.45) is 0. The molecule has 0 heterocycles. The third kappa shape index (κ3) is 1.91. The number of nitro benzene ring substituents is 1. The molecule has 0 aromatic heterocycles. The third-order valence-corrected chi connectivity index (χ3v) is 1.51. The largest absolute Gasteiger partial charge is 0.418 e. The van der Waals surface area contributed by atoms with Crippen molar-refractivity contribution >= 4 is 21.9 Å². The highest BCUT2D eigenvalue weighted by molar-refractivity contribution is 9.06. The van der Waals surface area contributed by atoms with E-state index in [9.17, 15) is 10.1 Å². The molecule has 0 amide bonds. The van der Waals surface area contributed by atoms with Crippen molar-refractivity contribution in [2.75, 3.05) is 0 Å². The van der Waals surface area contributed by atoms with Gasteiger partial charge < -0.3 is 3.83 Å². The van der Waals surface area contributed by atoms with Crippen LogP contribution in [0.1, 0.15) is 0 Å². The second-order valence-electron chi connectivity index (χ2n) is 1.83. The van der Waals surface area contributed by atoms with Crippen molar-refractivity contribution in [2.45, 2.75) is 0 Å². The molecule has 5 heteroatoms. The topological polar surface area (TPSA) is 52.4 Å². The van der Waals surface area contributed by atoms with Crippen LogP contribution >= 0.6 is 16.3 Å². The van der Waals surface area contributed by atoms with Crippen LogP contribution in [0.2, 0.25) is 0 Å². The van der Waals surface area contributed by atoms with Crippen LogP contribution in [-0.2, 0) is 0 Å². The molecule has 0 aliphatic carbocycles. The van der Waals surface area contributed by atoms with E-state index in [2.05, 4.69) is 20.1 Å². The zero-order valence-electron chi connectivity index (χ0n) is 5.36. The predicted molar refractivity (Wildman–Crippen MR) is 42.7 cm³/mol. The molecule has 1 rings (SSSR count). The van der Waals surface area contributed by atoms with E-state index in [1.165, 1.54) is 24.3 Å². The number of nitrogens with zero attached hydrogens (tertiary/aromatic N) is 1. The Balaban J connectivity index is 2.91. The second kappa shape index (κ2) is 3.34. The number of non-ortho nitro benzene ring substituents is 1. The van der Waals surface area contributed by atoms with E-state index >= 15 is 0 Å². The Labute approximate surface area is 71.4 Å². The van der Waals surface area contributed by atoms with Gasteiger partial charge in [0, 0.05) is 12.1 Å². The summed E-state index contributed by atoms with van der Waals surface area (Å²) in [5, 5.41) is 10.2. The molecule has 0 atom stereocenters. The predicted octanol–water partition coefficient (Wildman–Crippen LogP) is 2.28.